The number of carbonyl (C=O) groups excluding carboxylic acids is 1. The Morgan fingerprint density at radius 1 is 1.36 bits per heavy atom. The van der Waals surface area contributed by atoms with Crippen LogP contribution in [-0.2, 0) is 6.42 Å². The van der Waals surface area contributed by atoms with Crippen LogP contribution in [0.5, 0.6) is 0 Å². The fourth-order valence-corrected chi connectivity index (χ4v) is 2.27. The highest BCUT2D eigenvalue weighted by Crippen LogP contribution is 2.32. The predicted molar refractivity (Wildman–Crippen MR) is 57.7 cm³/mol. The van der Waals surface area contributed by atoms with Crippen molar-refractivity contribution in [3.8, 4) is 0 Å². The minimum absolute atomic E-state index is 0.185. The summed E-state index contributed by atoms with van der Waals surface area (Å²) in [6, 6.07) is 6.12. The molecule has 0 heterocycles. The number of carbonyl (C=O) groups is 1. The van der Waals surface area contributed by atoms with Gasteiger partial charge in [-0.15, -0.1) is 0 Å². The zero-order valence-electron chi connectivity index (χ0n) is 9.00. The zero-order chi connectivity index (χ0) is 10.3. The highest BCUT2D eigenvalue weighted by molar-refractivity contribution is 6.02. The maximum Gasteiger partial charge on any atom is 0.166 e. The van der Waals surface area contributed by atoms with E-state index < -0.39 is 0 Å². The van der Waals surface area contributed by atoms with Crippen LogP contribution in [0.15, 0.2) is 18.2 Å². The molecule has 1 atom stereocenters. The summed E-state index contributed by atoms with van der Waals surface area (Å²) in [5, 5.41) is 0. The summed E-state index contributed by atoms with van der Waals surface area (Å²) in [6.45, 7) is 6.39. The zero-order valence-corrected chi connectivity index (χ0v) is 9.00. The molecule has 1 unspecified atom stereocenters. The van der Waals surface area contributed by atoms with Gasteiger partial charge in [0.1, 0.15) is 0 Å². The first-order chi connectivity index (χ1) is 6.61. The summed E-state index contributed by atoms with van der Waals surface area (Å²) >= 11 is 0. The molecule has 14 heavy (non-hydrogen) atoms. The minimum atomic E-state index is 0.185. The van der Waals surface area contributed by atoms with Crippen molar-refractivity contribution in [2.45, 2.75) is 33.1 Å². The molecular weight excluding hydrogens is 172 g/mol. The van der Waals surface area contributed by atoms with Crippen LogP contribution in [0.4, 0.5) is 0 Å². The molecule has 0 saturated carbocycles. The Morgan fingerprint density at radius 2 is 2.07 bits per heavy atom. The number of rotatable bonds is 1. The molecule has 0 spiro atoms. The van der Waals surface area contributed by atoms with Gasteiger partial charge in [-0.05, 0) is 23.5 Å². The standard InChI is InChI=1S/C13H16O/c1-8(2)10-5-4-6-11-12(10)7-9(3)13(11)14/h4-6,8-9H,7H2,1-3H3. The van der Waals surface area contributed by atoms with Crippen molar-refractivity contribution < 1.29 is 4.79 Å². The van der Waals surface area contributed by atoms with Crippen molar-refractivity contribution in [1.82, 2.24) is 0 Å². The summed E-state index contributed by atoms with van der Waals surface area (Å²) in [4.78, 5) is 11.8. The lowest BCUT2D eigenvalue weighted by Gasteiger charge is -2.10. The van der Waals surface area contributed by atoms with E-state index in [9.17, 15) is 4.79 Å². The molecule has 1 aliphatic carbocycles. The molecule has 0 aromatic heterocycles. The van der Waals surface area contributed by atoms with Crippen LogP contribution >= 0.6 is 0 Å². The fraction of sp³-hybridized carbons (Fsp3) is 0.462. The third kappa shape index (κ3) is 1.28. The monoisotopic (exact) mass is 188 g/mol. The molecular formula is C13H16O. The first-order valence-corrected chi connectivity index (χ1v) is 5.27. The normalized spacial score (nSPS) is 20.3. The molecule has 1 aromatic rings. The molecule has 0 aliphatic heterocycles. The van der Waals surface area contributed by atoms with Crippen molar-refractivity contribution in [3.05, 3.63) is 34.9 Å². The van der Waals surface area contributed by atoms with E-state index in [2.05, 4.69) is 19.9 Å². The molecule has 1 nitrogen and oxygen atoms in total. The highest BCUT2D eigenvalue weighted by Gasteiger charge is 2.28. The fourth-order valence-electron chi connectivity index (χ4n) is 2.27. The largest absolute Gasteiger partial charge is 0.294 e. The maximum atomic E-state index is 11.8. The second-order valence-electron chi connectivity index (χ2n) is 4.50. The summed E-state index contributed by atoms with van der Waals surface area (Å²) in [5.41, 5.74) is 3.60. The summed E-state index contributed by atoms with van der Waals surface area (Å²) in [6.07, 6.45) is 0.933. The second kappa shape index (κ2) is 3.23. The summed E-state index contributed by atoms with van der Waals surface area (Å²) in [5.74, 6) is 1.02. The van der Waals surface area contributed by atoms with Gasteiger partial charge in [0.2, 0.25) is 0 Å². The first-order valence-electron chi connectivity index (χ1n) is 5.27. The van der Waals surface area contributed by atoms with Crippen molar-refractivity contribution >= 4 is 5.78 Å². The second-order valence-corrected chi connectivity index (χ2v) is 4.50. The molecule has 0 fully saturated rings. The van der Waals surface area contributed by atoms with Gasteiger partial charge in [-0.25, -0.2) is 0 Å². The number of Topliss-reactive ketones (excluding diaryl/α,β-unsaturated/α-hetero) is 1. The van der Waals surface area contributed by atoms with Gasteiger partial charge in [-0.1, -0.05) is 39.0 Å². The average molecular weight is 188 g/mol. The van der Waals surface area contributed by atoms with E-state index in [1.165, 1.54) is 11.1 Å². The third-order valence-corrected chi connectivity index (χ3v) is 3.06. The van der Waals surface area contributed by atoms with Gasteiger partial charge in [0.15, 0.2) is 5.78 Å². The van der Waals surface area contributed by atoms with Gasteiger partial charge in [0, 0.05) is 11.5 Å². The topological polar surface area (TPSA) is 17.1 Å². The van der Waals surface area contributed by atoms with Crippen LogP contribution in [0.3, 0.4) is 0 Å². The van der Waals surface area contributed by atoms with Crippen LogP contribution in [0.2, 0.25) is 0 Å². The Bertz CT molecular complexity index is 377. The van der Waals surface area contributed by atoms with Crippen LogP contribution < -0.4 is 0 Å². The Kier molecular flexibility index (Phi) is 2.18. The maximum absolute atomic E-state index is 11.8. The lowest BCUT2D eigenvalue weighted by Crippen LogP contribution is -2.02. The molecule has 0 bridgehead atoms. The van der Waals surface area contributed by atoms with E-state index in [0.717, 1.165) is 12.0 Å². The van der Waals surface area contributed by atoms with Crippen LogP contribution in [0, 0.1) is 5.92 Å². The van der Waals surface area contributed by atoms with E-state index in [1.807, 2.05) is 19.1 Å². The Labute approximate surface area is 85.1 Å². The lowest BCUT2D eigenvalue weighted by atomic mass is 9.94. The number of fused-ring (bicyclic) bond motifs is 1. The van der Waals surface area contributed by atoms with Gasteiger partial charge in [0.25, 0.3) is 0 Å². The number of hydrogen-bond acceptors (Lipinski definition) is 1. The van der Waals surface area contributed by atoms with Crippen LogP contribution in [0.1, 0.15) is 48.2 Å². The van der Waals surface area contributed by atoms with Crippen LogP contribution in [-0.4, -0.2) is 5.78 Å². The molecule has 0 saturated heterocycles. The SMILES string of the molecule is CC1Cc2c(cccc2C(C)C)C1=O. The van der Waals surface area contributed by atoms with Crippen LogP contribution in [0.25, 0.3) is 0 Å². The molecule has 2 rings (SSSR count). The summed E-state index contributed by atoms with van der Waals surface area (Å²) in [7, 11) is 0. The molecule has 0 radical (unpaired) electrons. The van der Waals surface area contributed by atoms with Crippen molar-refractivity contribution in [3.63, 3.8) is 0 Å². The third-order valence-electron chi connectivity index (χ3n) is 3.06. The molecule has 1 aromatic carbocycles. The van der Waals surface area contributed by atoms with E-state index in [1.54, 1.807) is 0 Å². The Balaban J connectivity index is 2.56. The minimum Gasteiger partial charge on any atom is -0.294 e. The van der Waals surface area contributed by atoms with E-state index >= 15 is 0 Å². The number of ketones is 1. The van der Waals surface area contributed by atoms with Gasteiger partial charge < -0.3 is 0 Å². The molecule has 0 N–H and O–H groups in total. The average Bonchev–Trinajstić information content (AvgIpc) is 2.43. The Hall–Kier alpha value is -1.11. The van der Waals surface area contributed by atoms with E-state index in [4.69, 9.17) is 0 Å². The molecule has 1 aliphatic rings. The molecule has 74 valence electrons. The Morgan fingerprint density at radius 3 is 2.71 bits per heavy atom. The van der Waals surface area contributed by atoms with E-state index in [-0.39, 0.29) is 5.92 Å². The van der Waals surface area contributed by atoms with Crippen molar-refractivity contribution in [1.29, 1.82) is 0 Å². The van der Waals surface area contributed by atoms with Gasteiger partial charge in [-0.3, -0.25) is 4.79 Å². The number of hydrogen-bond donors (Lipinski definition) is 0. The molecule has 1 heteroatoms. The van der Waals surface area contributed by atoms with E-state index in [0.29, 0.717) is 11.7 Å². The number of benzene rings is 1. The van der Waals surface area contributed by atoms with Crippen molar-refractivity contribution in [2.24, 2.45) is 5.92 Å². The van der Waals surface area contributed by atoms with Gasteiger partial charge in [-0.2, -0.15) is 0 Å². The highest BCUT2D eigenvalue weighted by atomic mass is 16.1. The van der Waals surface area contributed by atoms with Crippen molar-refractivity contribution in [2.75, 3.05) is 0 Å². The molecule has 0 amide bonds. The first kappa shape index (κ1) is 9.45. The quantitative estimate of drug-likeness (QED) is 0.661. The predicted octanol–water partition coefficient (Wildman–Crippen LogP) is 3.18. The van der Waals surface area contributed by atoms with Gasteiger partial charge in [0.05, 0.1) is 0 Å². The lowest BCUT2D eigenvalue weighted by molar-refractivity contribution is 0.0946. The van der Waals surface area contributed by atoms with Gasteiger partial charge >= 0.3 is 0 Å². The smallest absolute Gasteiger partial charge is 0.166 e. The summed E-state index contributed by atoms with van der Waals surface area (Å²) < 4.78 is 0.